The third-order valence-corrected chi connectivity index (χ3v) is 5.65. The lowest BCUT2D eigenvalue weighted by Gasteiger charge is -2.32. The molecule has 26 heavy (non-hydrogen) atoms. The number of fused-ring (bicyclic) bond motifs is 1. The smallest absolute Gasteiger partial charge is 0.303 e. The number of H-pyrrole nitrogens is 1. The van der Waals surface area contributed by atoms with Gasteiger partial charge in [0.2, 0.25) is 0 Å². The van der Waals surface area contributed by atoms with Crippen LogP contribution in [0.15, 0.2) is 24.3 Å². The number of aromatic amines is 1. The number of aromatic nitrogens is 3. The highest BCUT2D eigenvalue weighted by Crippen LogP contribution is 2.36. The Morgan fingerprint density at radius 2 is 2.23 bits per heavy atom. The van der Waals surface area contributed by atoms with Crippen molar-refractivity contribution < 1.29 is 9.90 Å². The summed E-state index contributed by atoms with van der Waals surface area (Å²) in [6.45, 7) is 4.88. The van der Waals surface area contributed by atoms with Crippen molar-refractivity contribution in [3.05, 3.63) is 29.3 Å². The van der Waals surface area contributed by atoms with Crippen molar-refractivity contribution in [1.29, 1.82) is 0 Å². The Bertz CT molecular complexity index is 902. The number of carboxylic acid groups (broad SMARTS) is 1. The van der Waals surface area contributed by atoms with E-state index in [1.54, 1.807) is 11.3 Å². The first-order chi connectivity index (χ1) is 12.6. The van der Waals surface area contributed by atoms with Crippen molar-refractivity contribution in [1.82, 2.24) is 20.3 Å². The number of thiazole rings is 1. The van der Waals surface area contributed by atoms with E-state index in [2.05, 4.69) is 22.1 Å². The first-order valence-corrected chi connectivity index (χ1v) is 9.57. The molecule has 1 aliphatic rings. The van der Waals surface area contributed by atoms with E-state index in [4.69, 9.17) is 15.1 Å². The SMILES string of the molecule is C[C@@H]1CN(c2sc(CCC(=O)O)nc2-c2nc3ccccc3[nH]2)CCN1. The van der Waals surface area contributed by atoms with Gasteiger partial charge in [-0.15, -0.1) is 11.3 Å². The molecular formula is C18H21N5O2S. The van der Waals surface area contributed by atoms with Gasteiger partial charge in [-0.2, -0.15) is 0 Å². The molecule has 3 aromatic rings. The number of imidazole rings is 1. The van der Waals surface area contributed by atoms with E-state index in [0.717, 1.165) is 52.2 Å². The van der Waals surface area contributed by atoms with Crippen LogP contribution in [-0.4, -0.2) is 51.7 Å². The molecule has 3 N–H and O–H groups in total. The number of nitrogens with one attached hydrogen (secondary N) is 2. The van der Waals surface area contributed by atoms with Crippen LogP contribution in [0, 0.1) is 0 Å². The predicted octanol–water partition coefficient (Wildman–Crippen LogP) is 2.50. The summed E-state index contributed by atoms with van der Waals surface area (Å²) in [5, 5.41) is 14.3. The van der Waals surface area contributed by atoms with Gasteiger partial charge in [-0.25, -0.2) is 9.97 Å². The number of carboxylic acids is 1. The minimum Gasteiger partial charge on any atom is -0.481 e. The summed E-state index contributed by atoms with van der Waals surface area (Å²) in [7, 11) is 0. The average molecular weight is 371 g/mol. The summed E-state index contributed by atoms with van der Waals surface area (Å²) < 4.78 is 0. The van der Waals surface area contributed by atoms with Crippen LogP contribution < -0.4 is 10.2 Å². The largest absolute Gasteiger partial charge is 0.481 e. The molecule has 0 aliphatic carbocycles. The van der Waals surface area contributed by atoms with Gasteiger partial charge in [-0.1, -0.05) is 12.1 Å². The molecule has 0 saturated carbocycles. The first-order valence-electron chi connectivity index (χ1n) is 8.75. The fourth-order valence-corrected chi connectivity index (χ4v) is 4.32. The van der Waals surface area contributed by atoms with Crippen LogP contribution in [-0.2, 0) is 11.2 Å². The molecule has 0 bridgehead atoms. The van der Waals surface area contributed by atoms with Crippen molar-refractivity contribution in [3.63, 3.8) is 0 Å². The van der Waals surface area contributed by atoms with E-state index < -0.39 is 5.97 Å². The molecule has 4 rings (SSSR count). The van der Waals surface area contributed by atoms with Crippen LogP contribution in [0.4, 0.5) is 5.00 Å². The monoisotopic (exact) mass is 371 g/mol. The minimum absolute atomic E-state index is 0.0878. The van der Waals surface area contributed by atoms with E-state index in [9.17, 15) is 4.79 Å². The summed E-state index contributed by atoms with van der Waals surface area (Å²) in [4.78, 5) is 26.1. The van der Waals surface area contributed by atoms with Crippen LogP contribution >= 0.6 is 11.3 Å². The van der Waals surface area contributed by atoms with Crippen LogP contribution in [0.3, 0.4) is 0 Å². The molecule has 0 amide bonds. The number of anilines is 1. The second kappa shape index (κ2) is 7.05. The van der Waals surface area contributed by atoms with Gasteiger partial charge in [0.1, 0.15) is 10.7 Å². The van der Waals surface area contributed by atoms with Gasteiger partial charge in [0.15, 0.2) is 5.82 Å². The van der Waals surface area contributed by atoms with Gasteiger partial charge in [-0.3, -0.25) is 4.79 Å². The number of hydrogen-bond donors (Lipinski definition) is 3. The number of aliphatic carboxylic acids is 1. The fourth-order valence-electron chi connectivity index (χ4n) is 3.23. The topological polar surface area (TPSA) is 94.1 Å². The Morgan fingerprint density at radius 3 is 3.00 bits per heavy atom. The summed E-state index contributed by atoms with van der Waals surface area (Å²) in [5.41, 5.74) is 2.70. The highest BCUT2D eigenvalue weighted by atomic mass is 32.1. The molecule has 136 valence electrons. The molecule has 7 nitrogen and oxygen atoms in total. The standard InChI is InChI=1S/C18H21N5O2S/c1-11-10-23(9-8-19-11)18-16(22-14(26-18)6-7-15(24)25)17-20-12-4-2-3-5-13(12)21-17/h2-5,11,19H,6-10H2,1H3,(H,20,21)(H,24,25)/t11-/m1/s1. The number of hydrogen-bond acceptors (Lipinski definition) is 6. The lowest BCUT2D eigenvalue weighted by atomic mass is 10.2. The van der Waals surface area contributed by atoms with Crippen LogP contribution in [0.25, 0.3) is 22.6 Å². The number of aryl methyl sites for hydroxylation is 1. The summed E-state index contributed by atoms with van der Waals surface area (Å²) >= 11 is 1.58. The molecule has 1 atom stereocenters. The zero-order valence-electron chi connectivity index (χ0n) is 14.5. The molecular weight excluding hydrogens is 350 g/mol. The maximum Gasteiger partial charge on any atom is 0.303 e. The average Bonchev–Trinajstić information content (AvgIpc) is 3.24. The van der Waals surface area contributed by atoms with E-state index >= 15 is 0 Å². The van der Waals surface area contributed by atoms with Crippen molar-refractivity contribution >= 4 is 33.3 Å². The fraction of sp³-hybridized carbons (Fsp3) is 0.389. The molecule has 0 radical (unpaired) electrons. The Kier molecular flexibility index (Phi) is 4.60. The van der Waals surface area contributed by atoms with Crippen molar-refractivity contribution in [2.45, 2.75) is 25.8 Å². The predicted molar refractivity (Wildman–Crippen MR) is 103 cm³/mol. The summed E-state index contributed by atoms with van der Waals surface area (Å²) in [6, 6.07) is 8.31. The molecule has 2 aromatic heterocycles. The van der Waals surface area contributed by atoms with Gasteiger partial charge in [0, 0.05) is 32.1 Å². The number of carbonyl (C=O) groups is 1. The van der Waals surface area contributed by atoms with Gasteiger partial charge < -0.3 is 20.3 Å². The highest BCUT2D eigenvalue weighted by molar-refractivity contribution is 7.16. The third kappa shape index (κ3) is 3.42. The molecule has 0 unspecified atom stereocenters. The van der Waals surface area contributed by atoms with Crippen LogP contribution in [0.2, 0.25) is 0 Å². The van der Waals surface area contributed by atoms with Gasteiger partial charge >= 0.3 is 5.97 Å². The maximum absolute atomic E-state index is 10.9. The Balaban J connectivity index is 1.73. The van der Waals surface area contributed by atoms with Crippen molar-refractivity contribution in [2.24, 2.45) is 0 Å². The van der Waals surface area contributed by atoms with Gasteiger partial charge in [0.25, 0.3) is 0 Å². The van der Waals surface area contributed by atoms with Crippen LogP contribution in [0.1, 0.15) is 18.4 Å². The Labute approximate surface area is 155 Å². The van der Waals surface area contributed by atoms with Crippen LogP contribution in [0.5, 0.6) is 0 Å². The Hall–Kier alpha value is -2.45. The van der Waals surface area contributed by atoms with E-state index in [1.165, 1.54) is 0 Å². The molecule has 1 aromatic carbocycles. The van der Waals surface area contributed by atoms with E-state index in [1.807, 2.05) is 24.3 Å². The van der Waals surface area contributed by atoms with Crippen molar-refractivity contribution in [2.75, 3.05) is 24.5 Å². The molecule has 1 aliphatic heterocycles. The molecule has 1 fully saturated rings. The van der Waals surface area contributed by atoms with Gasteiger partial charge in [-0.05, 0) is 19.1 Å². The minimum atomic E-state index is -0.803. The number of rotatable bonds is 5. The first kappa shape index (κ1) is 17.0. The highest BCUT2D eigenvalue weighted by Gasteiger charge is 2.24. The number of para-hydroxylation sites is 2. The van der Waals surface area contributed by atoms with E-state index in [0.29, 0.717) is 12.5 Å². The number of piperazine rings is 1. The third-order valence-electron chi connectivity index (χ3n) is 4.48. The maximum atomic E-state index is 10.9. The second-order valence-electron chi connectivity index (χ2n) is 6.56. The molecule has 3 heterocycles. The lowest BCUT2D eigenvalue weighted by molar-refractivity contribution is -0.136. The second-order valence-corrected chi connectivity index (χ2v) is 7.62. The molecule has 1 saturated heterocycles. The normalized spacial score (nSPS) is 17.7. The van der Waals surface area contributed by atoms with E-state index in [-0.39, 0.29) is 6.42 Å². The summed E-state index contributed by atoms with van der Waals surface area (Å²) in [5.74, 6) is -0.0620. The summed E-state index contributed by atoms with van der Waals surface area (Å²) in [6.07, 6.45) is 0.527. The zero-order chi connectivity index (χ0) is 18.1. The quantitative estimate of drug-likeness (QED) is 0.638. The number of nitrogens with zero attached hydrogens (tertiary/aromatic N) is 3. The molecule has 0 spiro atoms. The van der Waals surface area contributed by atoms with Crippen molar-refractivity contribution in [3.8, 4) is 11.5 Å². The molecule has 8 heteroatoms. The zero-order valence-corrected chi connectivity index (χ0v) is 15.3. The Morgan fingerprint density at radius 1 is 1.38 bits per heavy atom. The lowest BCUT2D eigenvalue weighted by Crippen LogP contribution is -2.49. The van der Waals surface area contributed by atoms with Gasteiger partial charge in [0.05, 0.1) is 22.5 Å². The number of benzene rings is 1.